The molecule has 52 valence electrons. The SMILES string of the molecule is C=S1C=CCN(C)N1C. The molecule has 1 aliphatic heterocycles. The predicted octanol–water partition coefficient (Wildman–Crippen LogP) is 0.908. The molecule has 0 aromatic heterocycles. The summed E-state index contributed by atoms with van der Waals surface area (Å²) in [6.07, 6.45) is 2.15. The van der Waals surface area contributed by atoms with Crippen LogP contribution in [0.5, 0.6) is 0 Å². The monoisotopic (exact) mass is 144 g/mol. The van der Waals surface area contributed by atoms with E-state index in [0.29, 0.717) is 0 Å². The second kappa shape index (κ2) is 2.64. The second-order valence-corrected chi connectivity index (χ2v) is 3.68. The fourth-order valence-corrected chi connectivity index (χ4v) is 1.60. The van der Waals surface area contributed by atoms with E-state index in [9.17, 15) is 0 Å². The third-order valence-corrected chi connectivity index (χ3v) is 2.91. The van der Waals surface area contributed by atoms with Gasteiger partial charge in [0.15, 0.2) is 0 Å². The zero-order valence-electron chi connectivity index (χ0n) is 5.87. The molecule has 1 atom stereocenters. The molecule has 1 unspecified atom stereocenters. The first-order valence-corrected chi connectivity index (χ1v) is 4.27. The van der Waals surface area contributed by atoms with Crippen molar-refractivity contribution in [2.24, 2.45) is 0 Å². The lowest BCUT2D eigenvalue weighted by atomic mass is 10.6. The standard InChI is InChI=1S/C6H12N2S/c1-7-5-4-6-9(3)8(7)2/h4,6H,3,5H2,1-2H3. The number of hydrazine groups is 1. The molecule has 1 heterocycles. The predicted molar refractivity (Wildman–Crippen MR) is 44.2 cm³/mol. The Hall–Kier alpha value is -0.120. The molecule has 1 rings (SSSR count). The summed E-state index contributed by atoms with van der Waals surface area (Å²) in [5, 5.41) is 4.29. The third-order valence-electron chi connectivity index (χ3n) is 1.44. The van der Waals surface area contributed by atoms with E-state index in [4.69, 9.17) is 0 Å². The minimum Gasteiger partial charge on any atom is -0.232 e. The van der Waals surface area contributed by atoms with Gasteiger partial charge in [0.1, 0.15) is 0 Å². The lowest BCUT2D eigenvalue weighted by molar-refractivity contribution is 0.151. The van der Waals surface area contributed by atoms with Crippen LogP contribution in [0.25, 0.3) is 0 Å². The van der Waals surface area contributed by atoms with Crippen molar-refractivity contribution in [1.29, 1.82) is 0 Å². The molecule has 0 aromatic rings. The fraction of sp³-hybridized carbons (Fsp3) is 0.500. The Labute approximate surface area is 58.8 Å². The van der Waals surface area contributed by atoms with Crippen LogP contribution in [-0.4, -0.2) is 35.9 Å². The summed E-state index contributed by atoms with van der Waals surface area (Å²) in [5.41, 5.74) is 0. The van der Waals surface area contributed by atoms with Crippen LogP contribution in [0.3, 0.4) is 0 Å². The van der Waals surface area contributed by atoms with E-state index in [2.05, 4.69) is 40.9 Å². The van der Waals surface area contributed by atoms with Crippen LogP contribution in [0.2, 0.25) is 0 Å². The Bertz CT molecular complexity index is 153. The van der Waals surface area contributed by atoms with E-state index in [-0.39, 0.29) is 10.7 Å². The number of hydrogen-bond acceptors (Lipinski definition) is 2. The average molecular weight is 144 g/mol. The largest absolute Gasteiger partial charge is 0.232 e. The van der Waals surface area contributed by atoms with E-state index >= 15 is 0 Å². The lowest BCUT2D eigenvalue weighted by Gasteiger charge is -2.30. The summed E-state index contributed by atoms with van der Waals surface area (Å²) in [7, 11) is 4.18. The molecule has 1 aliphatic rings. The summed E-state index contributed by atoms with van der Waals surface area (Å²) in [6.45, 7) is 1.01. The average Bonchev–Trinajstić information content (AvgIpc) is 1.83. The second-order valence-electron chi connectivity index (χ2n) is 2.08. The Morgan fingerprint density at radius 2 is 2.22 bits per heavy atom. The van der Waals surface area contributed by atoms with Gasteiger partial charge in [-0.1, -0.05) is 22.6 Å². The van der Waals surface area contributed by atoms with Crippen LogP contribution in [0.15, 0.2) is 11.5 Å². The van der Waals surface area contributed by atoms with E-state index in [1.54, 1.807) is 0 Å². The number of rotatable bonds is 0. The van der Waals surface area contributed by atoms with Crippen LogP contribution < -0.4 is 0 Å². The molecule has 0 N–H and O–H groups in total. The van der Waals surface area contributed by atoms with Crippen LogP contribution in [-0.2, 0) is 0 Å². The summed E-state index contributed by atoms with van der Waals surface area (Å²) >= 11 is 0. The molecule has 0 amide bonds. The molecule has 0 aliphatic carbocycles. The van der Waals surface area contributed by atoms with Crippen molar-refractivity contribution in [3.63, 3.8) is 0 Å². The topological polar surface area (TPSA) is 6.48 Å². The molecule has 2 nitrogen and oxygen atoms in total. The molecule has 0 saturated heterocycles. The Morgan fingerprint density at radius 1 is 1.56 bits per heavy atom. The Kier molecular flexibility index (Phi) is 2.05. The van der Waals surface area contributed by atoms with Crippen molar-refractivity contribution in [1.82, 2.24) is 9.42 Å². The maximum atomic E-state index is 3.95. The smallest absolute Gasteiger partial charge is 0.0327 e. The van der Waals surface area contributed by atoms with Crippen LogP contribution in [0, 0.1) is 0 Å². The molecule has 0 aromatic carbocycles. The lowest BCUT2D eigenvalue weighted by Crippen LogP contribution is -2.33. The summed E-state index contributed by atoms with van der Waals surface area (Å²) in [5.74, 6) is 3.95. The maximum Gasteiger partial charge on any atom is 0.0327 e. The quantitative estimate of drug-likeness (QED) is 0.466. The van der Waals surface area contributed by atoms with Crippen molar-refractivity contribution >= 4 is 16.5 Å². The van der Waals surface area contributed by atoms with Crippen LogP contribution in [0.1, 0.15) is 0 Å². The van der Waals surface area contributed by atoms with Gasteiger partial charge in [-0.05, 0) is 5.41 Å². The summed E-state index contributed by atoms with van der Waals surface area (Å²) in [4.78, 5) is 0. The highest BCUT2D eigenvalue weighted by Gasteiger charge is 2.07. The van der Waals surface area contributed by atoms with Crippen molar-refractivity contribution in [2.45, 2.75) is 0 Å². The molecule has 0 bridgehead atoms. The van der Waals surface area contributed by atoms with Gasteiger partial charge in [-0.25, -0.2) is 5.01 Å². The molecule has 3 heteroatoms. The van der Waals surface area contributed by atoms with Gasteiger partial charge in [0.25, 0.3) is 0 Å². The van der Waals surface area contributed by atoms with Gasteiger partial charge in [-0.2, -0.15) is 4.41 Å². The van der Waals surface area contributed by atoms with E-state index in [1.165, 1.54) is 0 Å². The highest BCUT2D eigenvalue weighted by atomic mass is 32.2. The van der Waals surface area contributed by atoms with Crippen molar-refractivity contribution in [3.8, 4) is 0 Å². The molecule has 0 fully saturated rings. The van der Waals surface area contributed by atoms with Crippen LogP contribution in [0.4, 0.5) is 0 Å². The first-order valence-electron chi connectivity index (χ1n) is 2.86. The normalized spacial score (nSPS) is 31.1. The molecular formula is C6H12N2S. The highest BCUT2D eigenvalue weighted by molar-refractivity contribution is 8.14. The van der Waals surface area contributed by atoms with E-state index in [1.807, 2.05) is 0 Å². The van der Waals surface area contributed by atoms with Gasteiger partial charge >= 0.3 is 0 Å². The van der Waals surface area contributed by atoms with Gasteiger partial charge < -0.3 is 0 Å². The van der Waals surface area contributed by atoms with Gasteiger partial charge in [-0.3, -0.25) is 0 Å². The number of hydrogen-bond donors (Lipinski definition) is 0. The molecule has 9 heavy (non-hydrogen) atoms. The van der Waals surface area contributed by atoms with E-state index < -0.39 is 0 Å². The van der Waals surface area contributed by atoms with Gasteiger partial charge in [0, 0.05) is 20.6 Å². The first-order chi connectivity index (χ1) is 4.22. The zero-order chi connectivity index (χ0) is 6.85. The Balaban J connectivity index is 2.69. The van der Waals surface area contributed by atoms with Crippen molar-refractivity contribution < 1.29 is 0 Å². The molecule has 0 radical (unpaired) electrons. The zero-order valence-corrected chi connectivity index (χ0v) is 6.69. The minimum absolute atomic E-state index is 0.0637. The maximum absolute atomic E-state index is 3.95. The van der Waals surface area contributed by atoms with Gasteiger partial charge in [-0.15, -0.1) is 0 Å². The Morgan fingerprint density at radius 3 is 2.67 bits per heavy atom. The number of likely N-dealkylation sites (N-methyl/N-ethyl adjacent to an activating group) is 1. The van der Waals surface area contributed by atoms with E-state index in [0.717, 1.165) is 6.54 Å². The fourth-order valence-electron chi connectivity index (χ4n) is 0.689. The molecule has 0 spiro atoms. The number of nitrogens with zero attached hydrogens (tertiary/aromatic N) is 2. The third kappa shape index (κ3) is 1.41. The first kappa shape index (κ1) is 6.99. The van der Waals surface area contributed by atoms with Crippen molar-refractivity contribution in [2.75, 3.05) is 20.6 Å². The summed E-state index contributed by atoms with van der Waals surface area (Å²) in [6, 6.07) is 0. The minimum atomic E-state index is 0.0637. The summed E-state index contributed by atoms with van der Waals surface area (Å²) < 4.78 is 2.14. The van der Waals surface area contributed by atoms with Gasteiger partial charge in [0.2, 0.25) is 0 Å². The molecular weight excluding hydrogens is 132 g/mol. The highest BCUT2D eigenvalue weighted by Crippen LogP contribution is 2.21. The molecule has 0 saturated carbocycles. The van der Waals surface area contributed by atoms with Crippen LogP contribution >= 0.6 is 10.7 Å². The van der Waals surface area contributed by atoms with Gasteiger partial charge in [0.05, 0.1) is 0 Å². The van der Waals surface area contributed by atoms with Crippen molar-refractivity contribution in [3.05, 3.63) is 11.5 Å².